The highest BCUT2D eigenvalue weighted by atomic mass is 35.5. The SMILES string of the molecule is CC(C)C[C@H](N)C(=O)Nc1ccc2nc(C3CC3)oc2c1.Cl. The van der Waals surface area contributed by atoms with Gasteiger partial charge in [0.15, 0.2) is 11.5 Å². The number of rotatable bonds is 5. The fourth-order valence-electron chi connectivity index (χ4n) is 2.37. The van der Waals surface area contributed by atoms with E-state index < -0.39 is 6.04 Å². The van der Waals surface area contributed by atoms with Crippen molar-refractivity contribution in [2.24, 2.45) is 11.7 Å². The summed E-state index contributed by atoms with van der Waals surface area (Å²) in [5.41, 5.74) is 8.13. The molecule has 1 aromatic heterocycles. The van der Waals surface area contributed by atoms with E-state index in [0.717, 1.165) is 24.2 Å². The number of aromatic nitrogens is 1. The lowest BCUT2D eigenvalue weighted by Crippen LogP contribution is -2.36. The first-order valence-corrected chi connectivity index (χ1v) is 7.50. The highest BCUT2D eigenvalue weighted by molar-refractivity contribution is 5.96. The molecule has 1 aromatic carbocycles. The van der Waals surface area contributed by atoms with Gasteiger partial charge < -0.3 is 15.5 Å². The number of nitrogens with two attached hydrogens (primary N) is 1. The first-order valence-electron chi connectivity index (χ1n) is 7.50. The van der Waals surface area contributed by atoms with Crippen molar-refractivity contribution in [1.29, 1.82) is 0 Å². The summed E-state index contributed by atoms with van der Waals surface area (Å²) < 4.78 is 5.75. The molecule has 1 saturated carbocycles. The van der Waals surface area contributed by atoms with Crippen LogP contribution in [0, 0.1) is 5.92 Å². The van der Waals surface area contributed by atoms with Gasteiger partial charge in [0.2, 0.25) is 5.91 Å². The van der Waals surface area contributed by atoms with E-state index in [-0.39, 0.29) is 18.3 Å². The summed E-state index contributed by atoms with van der Waals surface area (Å²) in [7, 11) is 0. The Morgan fingerprint density at radius 2 is 2.18 bits per heavy atom. The molecule has 120 valence electrons. The number of anilines is 1. The van der Waals surface area contributed by atoms with E-state index in [2.05, 4.69) is 10.3 Å². The summed E-state index contributed by atoms with van der Waals surface area (Å²) in [5.74, 6) is 1.52. The average Bonchev–Trinajstić information content (AvgIpc) is 3.18. The fourth-order valence-corrected chi connectivity index (χ4v) is 2.37. The minimum atomic E-state index is -0.488. The van der Waals surface area contributed by atoms with Crippen LogP contribution in [0.5, 0.6) is 0 Å². The molecular weight excluding hydrogens is 302 g/mol. The van der Waals surface area contributed by atoms with Crippen LogP contribution in [0.2, 0.25) is 0 Å². The van der Waals surface area contributed by atoms with E-state index in [4.69, 9.17) is 10.2 Å². The van der Waals surface area contributed by atoms with Crippen molar-refractivity contribution in [1.82, 2.24) is 4.98 Å². The number of fused-ring (bicyclic) bond motifs is 1. The maximum absolute atomic E-state index is 12.0. The summed E-state index contributed by atoms with van der Waals surface area (Å²) in [6.07, 6.45) is 2.98. The lowest BCUT2D eigenvalue weighted by atomic mass is 10.0. The molecule has 1 aliphatic rings. The molecule has 1 aliphatic carbocycles. The molecular formula is C16H22ClN3O2. The smallest absolute Gasteiger partial charge is 0.241 e. The van der Waals surface area contributed by atoms with Crippen LogP contribution in [0.4, 0.5) is 5.69 Å². The summed E-state index contributed by atoms with van der Waals surface area (Å²) in [5, 5.41) is 2.84. The quantitative estimate of drug-likeness (QED) is 0.883. The van der Waals surface area contributed by atoms with Gasteiger partial charge in [0.05, 0.1) is 6.04 Å². The molecule has 0 saturated heterocycles. The third-order valence-electron chi connectivity index (χ3n) is 3.66. The van der Waals surface area contributed by atoms with Gasteiger partial charge in [-0.1, -0.05) is 13.8 Å². The van der Waals surface area contributed by atoms with Crippen LogP contribution in [0.3, 0.4) is 0 Å². The second kappa shape index (κ2) is 6.67. The predicted molar refractivity (Wildman–Crippen MR) is 89.3 cm³/mol. The van der Waals surface area contributed by atoms with Gasteiger partial charge in [-0.25, -0.2) is 4.98 Å². The number of nitrogens with zero attached hydrogens (tertiary/aromatic N) is 1. The van der Waals surface area contributed by atoms with Crippen molar-refractivity contribution in [3.05, 3.63) is 24.1 Å². The third-order valence-corrected chi connectivity index (χ3v) is 3.66. The van der Waals surface area contributed by atoms with Crippen molar-refractivity contribution in [3.63, 3.8) is 0 Å². The zero-order valence-corrected chi connectivity index (χ0v) is 13.7. The molecule has 3 N–H and O–H groups in total. The molecule has 2 aromatic rings. The zero-order chi connectivity index (χ0) is 15.0. The van der Waals surface area contributed by atoms with E-state index in [1.54, 1.807) is 0 Å². The predicted octanol–water partition coefficient (Wildman–Crippen LogP) is 3.44. The van der Waals surface area contributed by atoms with E-state index in [9.17, 15) is 4.79 Å². The van der Waals surface area contributed by atoms with Crippen molar-refractivity contribution in [3.8, 4) is 0 Å². The van der Waals surface area contributed by atoms with Crippen LogP contribution >= 0.6 is 12.4 Å². The number of oxazole rings is 1. The first-order chi connectivity index (χ1) is 10.0. The second-order valence-corrected chi connectivity index (χ2v) is 6.23. The van der Waals surface area contributed by atoms with Gasteiger partial charge in [-0.15, -0.1) is 12.4 Å². The van der Waals surface area contributed by atoms with Gasteiger partial charge in [0.1, 0.15) is 5.52 Å². The lowest BCUT2D eigenvalue weighted by molar-refractivity contribution is -0.117. The van der Waals surface area contributed by atoms with Crippen LogP contribution in [-0.2, 0) is 4.79 Å². The average molecular weight is 324 g/mol. The molecule has 1 atom stereocenters. The maximum atomic E-state index is 12.0. The van der Waals surface area contributed by atoms with Crippen molar-refractivity contribution in [2.75, 3.05) is 5.32 Å². The Bertz CT molecular complexity index is 664. The Labute approximate surface area is 136 Å². The van der Waals surface area contributed by atoms with Crippen molar-refractivity contribution < 1.29 is 9.21 Å². The number of carbonyl (C=O) groups excluding carboxylic acids is 1. The number of amides is 1. The Morgan fingerprint density at radius 1 is 1.45 bits per heavy atom. The summed E-state index contributed by atoms with van der Waals surface area (Å²) >= 11 is 0. The molecule has 5 nitrogen and oxygen atoms in total. The minimum absolute atomic E-state index is 0. The van der Waals surface area contributed by atoms with Gasteiger partial charge in [0, 0.05) is 17.7 Å². The van der Waals surface area contributed by atoms with E-state index >= 15 is 0 Å². The fraction of sp³-hybridized carbons (Fsp3) is 0.500. The zero-order valence-electron chi connectivity index (χ0n) is 12.8. The monoisotopic (exact) mass is 323 g/mol. The van der Waals surface area contributed by atoms with Crippen LogP contribution < -0.4 is 11.1 Å². The van der Waals surface area contributed by atoms with Gasteiger partial charge in [-0.2, -0.15) is 0 Å². The molecule has 0 unspecified atom stereocenters. The standard InChI is InChI=1S/C16H21N3O2.ClH/c1-9(2)7-12(17)15(20)18-11-5-6-13-14(8-11)21-16(19-13)10-3-4-10;/h5-6,8-10,12H,3-4,7,17H2,1-2H3,(H,18,20);1H/t12-;/m0./s1. The minimum Gasteiger partial charge on any atom is -0.440 e. The second-order valence-electron chi connectivity index (χ2n) is 6.23. The Balaban J connectivity index is 0.00000176. The molecule has 1 fully saturated rings. The highest BCUT2D eigenvalue weighted by Crippen LogP contribution is 2.40. The van der Waals surface area contributed by atoms with Gasteiger partial charge in [-0.3, -0.25) is 4.79 Å². The Morgan fingerprint density at radius 3 is 2.82 bits per heavy atom. The van der Waals surface area contributed by atoms with Gasteiger partial charge in [-0.05, 0) is 37.3 Å². The molecule has 1 heterocycles. The van der Waals surface area contributed by atoms with Crippen LogP contribution in [0.25, 0.3) is 11.1 Å². The van der Waals surface area contributed by atoms with Crippen molar-refractivity contribution in [2.45, 2.75) is 45.1 Å². The number of carbonyl (C=O) groups is 1. The first kappa shape index (κ1) is 16.8. The molecule has 1 amide bonds. The molecule has 0 spiro atoms. The van der Waals surface area contributed by atoms with E-state index in [1.807, 2.05) is 32.0 Å². The number of hydrogen-bond acceptors (Lipinski definition) is 4. The van der Waals surface area contributed by atoms with Crippen LogP contribution in [0.15, 0.2) is 22.6 Å². The molecule has 0 bridgehead atoms. The summed E-state index contributed by atoms with van der Waals surface area (Å²) in [6.45, 7) is 4.10. The topological polar surface area (TPSA) is 81.2 Å². The number of halogens is 1. The molecule has 3 rings (SSSR count). The van der Waals surface area contributed by atoms with Gasteiger partial charge >= 0.3 is 0 Å². The number of hydrogen-bond donors (Lipinski definition) is 2. The maximum Gasteiger partial charge on any atom is 0.241 e. The molecule has 22 heavy (non-hydrogen) atoms. The van der Waals surface area contributed by atoms with Gasteiger partial charge in [0.25, 0.3) is 0 Å². The normalized spacial score (nSPS) is 15.6. The lowest BCUT2D eigenvalue weighted by Gasteiger charge is -2.13. The van der Waals surface area contributed by atoms with Crippen molar-refractivity contribution >= 4 is 35.1 Å². The summed E-state index contributed by atoms with van der Waals surface area (Å²) in [4.78, 5) is 16.5. The van der Waals surface area contributed by atoms with E-state index in [0.29, 0.717) is 29.5 Å². The number of nitrogens with one attached hydrogen (secondary N) is 1. The molecule has 0 radical (unpaired) electrons. The Hall–Kier alpha value is -1.59. The third kappa shape index (κ3) is 3.78. The largest absolute Gasteiger partial charge is 0.440 e. The van der Waals surface area contributed by atoms with Crippen LogP contribution in [0.1, 0.15) is 44.9 Å². The molecule has 0 aliphatic heterocycles. The highest BCUT2D eigenvalue weighted by Gasteiger charge is 2.28. The Kier molecular flexibility index (Phi) is 5.08. The van der Waals surface area contributed by atoms with E-state index in [1.165, 1.54) is 0 Å². The van der Waals surface area contributed by atoms with Crippen LogP contribution in [-0.4, -0.2) is 16.9 Å². The number of benzene rings is 1. The molecule has 6 heteroatoms. The summed E-state index contributed by atoms with van der Waals surface area (Å²) in [6, 6.07) is 5.03.